The molecule has 0 aliphatic heterocycles. The summed E-state index contributed by atoms with van der Waals surface area (Å²) in [6.45, 7) is 4.62. The van der Waals surface area contributed by atoms with Crippen LogP contribution in [0.15, 0.2) is 0 Å². The quantitative estimate of drug-likeness (QED) is 0.603. The molecule has 1 atom stereocenters. The average molecular weight is 288 g/mol. The van der Waals surface area contributed by atoms with Crippen molar-refractivity contribution < 1.29 is 29.0 Å². The molecule has 0 spiro atoms. The first-order valence-electron chi connectivity index (χ1n) is 5.97. The molecule has 8 nitrogen and oxygen atoms in total. The number of amides is 3. The monoisotopic (exact) mass is 288 g/mol. The Morgan fingerprint density at radius 3 is 2.20 bits per heavy atom. The lowest BCUT2D eigenvalue weighted by atomic mass is 9.85. The van der Waals surface area contributed by atoms with Crippen LogP contribution in [0.25, 0.3) is 0 Å². The summed E-state index contributed by atoms with van der Waals surface area (Å²) in [5, 5.41) is 12.9. The average Bonchev–Trinajstić information content (AvgIpc) is 2.24. The van der Waals surface area contributed by atoms with Crippen LogP contribution in [0, 0.1) is 5.41 Å². The Morgan fingerprint density at radius 1 is 1.20 bits per heavy atom. The minimum absolute atomic E-state index is 0.126. The fourth-order valence-electron chi connectivity index (χ4n) is 1.55. The van der Waals surface area contributed by atoms with Crippen LogP contribution in [0.2, 0.25) is 0 Å². The summed E-state index contributed by atoms with van der Waals surface area (Å²) in [4.78, 5) is 44.7. The van der Waals surface area contributed by atoms with E-state index in [0.29, 0.717) is 0 Å². The number of aliphatic carboxylic acids is 1. The molecule has 0 aliphatic rings. The molecule has 0 aromatic carbocycles. The van der Waals surface area contributed by atoms with Gasteiger partial charge in [-0.25, -0.2) is 9.59 Å². The molecule has 3 amide bonds. The van der Waals surface area contributed by atoms with Crippen LogP contribution in [-0.2, 0) is 19.1 Å². The fraction of sp³-hybridized carbons (Fsp3) is 0.667. The van der Waals surface area contributed by atoms with Crippen molar-refractivity contribution in [2.45, 2.75) is 39.7 Å². The number of hydrogen-bond donors (Lipinski definition) is 3. The van der Waals surface area contributed by atoms with Crippen LogP contribution < -0.4 is 10.6 Å². The molecule has 0 fully saturated rings. The largest absolute Gasteiger partial charge is 0.481 e. The third kappa shape index (κ3) is 7.34. The van der Waals surface area contributed by atoms with Crippen LogP contribution in [0.5, 0.6) is 0 Å². The number of carbonyl (C=O) groups excluding carboxylic acids is 3. The Labute approximate surface area is 116 Å². The zero-order valence-corrected chi connectivity index (χ0v) is 12.0. The summed E-state index contributed by atoms with van der Waals surface area (Å²) < 4.78 is 4.41. The Morgan fingerprint density at radius 2 is 1.75 bits per heavy atom. The van der Waals surface area contributed by atoms with Gasteiger partial charge in [0.15, 0.2) is 0 Å². The molecule has 0 aromatic heterocycles. The van der Waals surface area contributed by atoms with Crippen molar-refractivity contribution in [2.75, 3.05) is 7.11 Å². The van der Waals surface area contributed by atoms with Gasteiger partial charge < -0.3 is 15.2 Å². The van der Waals surface area contributed by atoms with E-state index in [1.807, 2.05) is 5.32 Å². The van der Waals surface area contributed by atoms with Gasteiger partial charge in [-0.1, -0.05) is 13.8 Å². The molecule has 0 rings (SSSR count). The summed E-state index contributed by atoms with van der Waals surface area (Å²) in [6, 6.07) is -1.72. The summed E-state index contributed by atoms with van der Waals surface area (Å²) in [7, 11) is 1.18. The fourth-order valence-corrected chi connectivity index (χ4v) is 1.55. The molecular weight excluding hydrogens is 268 g/mol. The molecule has 0 saturated carbocycles. The van der Waals surface area contributed by atoms with E-state index in [0.717, 1.165) is 0 Å². The predicted molar refractivity (Wildman–Crippen MR) is 68.8 cm³/mol. The number of carboxylic acids is 1. The number of rotatable bonds is 6. The number of esters is 1. The topological polar surface area (TPSA) is 122 Å². The third-order valence-electron chi connectivity index (χ3n) is 2.42. The van der Waals surface area contributed by atoms with Gasteiger partial charge in [0.05, 0.1) is 13.5 Å². The van der Waals surface area contributed by atoms with Crippen LogP contribution in [0.4, 0.5) is 4.79 Å². The van der Waals surface area contributed by atoms with E-state index in [1.165, 1.54) is 14.0 Å². The zero-order chi connectivity index (χ0) is 15.9. The second kappa shape index (κ2) is 7.46. The first kappa shape index (κ1) is 17.9. The van der Waals surface area contributed by atoms with Crippen LogP contribution in [0.3, 0.4) is 0 Å². The Hall–Kier alpha value is -2.12. The molecule has 0 radical (unpaired) electrons. The van der Waals surface area contributed by atoms with Gasteiger partial charge in [0.2, 0.25) is 5.91 Å². The summed E-state index contributed by atoms with van der Waals surface area (Å²) >= 11 is 0. The van der Waals surface area contributed by atoms with E-state index in [-0.39, 0.29) is 12.8 Å². The third-order valence-corrected chi connectivity index (χ3v) is 2.42. The van der Waals surface area contributed by atoms with Crippen LogP contribution >= 0.6 is 0 Å². The molecule has 0 aliphatic carbocycles. The number of nitrogens with one attached hydrogen (secondary N) is 2. The van der Waals surface area contributed by atoms with Crippen molar-refractivity contribution in [1.82, 2.24) is 10.6 Å². The Bertz CT molecular complexity index is 405. The number of urea groups is 1. The lowest BCUT2D eigenvalue weighted by molar-refractivity contribution is -0.142. The molecule has 114 valence electrons. The maximum atomic E-state index is 11.6. The highest BCUT2D eigenvalue weighted by Gasteiger charge is 2.26. The smallest absolute Gasteiger partial charge is 0.328 e. The van der Waals surface area contributed by atoms with Gasteiger partial charge in [-0.05, 0) is 12.3 Å². The molecule has 20 heavy (non-hydrogen) atoms. The second-order valence-corrected chi connectivity index (χ2v) is 5.18. The van der Waals surface area contributed by atoms with Crippen molar-refractivity contribution in [3.63, 3.8) is 0 Å². The molecule has 0 saturated heterocycles. The van der Waals surface area contributed by atoms with Gasteiger partial charge in [-0.15, -0.1) is 0 Å². The number of carboxylic acid groups (broad SMARTS) is 1. The number of imide groups is 1. The van der Waals surface area contributed by atoms with Crippen molar-refractivity contribution in [2.24, 2.45) is 5.41 Å². The molecule has 8 heteroatoms. The number of ether oxygens (including phenoxy) is 1. The van der Waals surface area contributed by atoms with E-state index in [4.69, 9.17) is 5.11 Å². The molecule has 0 bridgehead atoms. The standard InChI is InChI=1S/C12H20N2O6/c1-7(10(18)20-4)13-11(19)14-8(15)5-12(2,3)6-9(16)17/h7H,5-6H2,1-4H3,(H,16,17)(H2,13,14,15,19). The van der Waals surface area contributed by atoms with E-state index in [9.17, 15) is 19.2 Å². The van der Waals surface area contributed by atoms with Gasteiger partial charge >= 0.3 is 18.0 Å². The highest BCUT2D eigenvalue weighted by atomic mass is 16.5. The van der Waals surface area contributed by atoms with Gasteiger partial charge in [0.1, 0.15) is 6.04 Å². The minimum Gasteiger partial charge on any atom is -0.481 e. The number of methoxy groups -OCH3 is 1. The second-order valence-electron chi connectivity index (χ2n) is 5.18. The van der Waals surface area contributed by atoms with E-state index in [1.54, 1.807) is 13.8 Å². The van der Waals surface area contributed by atoms with Crippen molar-refractivity contribution in [3.05, 3.63) is 0 Å². The number of carbonyl (C=O) groups is 4. The summed E-state index contributed by atoms with van der Waals surface area (Å²) in [5.41, 5.74) is -0.774. The summed E-state index contributed by atoms with van der Waals surface area (Å²) in [5.74, 6) is -2.28. The van der Waals surface area contributed by atoms with Gasteiger partial charge in [-0.3, -0.25) is 14.9 Å². The highest BCUT2D eigenvalue weighted by molar-refractivity contribution is 5.96. The predicted octanol–water partition coefficient (Wildman–Crippen LogP) is 0.265. The molecule has 3 N–H and O–H groups in total. The maximum Gasteiger partial charge on any atom is 0.328 e. The minimum atomic E-state index is -1.02. The van der Waals surface area contributed by atoms with E-state index >= 15 is 0 Å². The Kier molecular flexibility index (Phi) is 6.67. The molecule has 0 aromatic rings. The number of hydrogen-bond acceptors (Lipinski definition) is 5. The van der Waals surface area contributed by atoms with Crippen molar-refractivity contribution in [1.29, 1.82) is 0 Å². The molecular formula is C12H20N2O6. The molecule has 1 unspecified atom stereocenters. The first-order valence-corrected chi connectivity index (χ1v) is 5.97. The van der Waals surface area contributed by atoms with Gasteiger partial charge in [0.25, 0.3) is 0 Å². The van der Waals surface area contributed by atoms with E-state index in [2.05, 4.69) is 10.1 Å². The normalized spacial score (nSPS) is 12.2. The highest BCUT2D eigenvalue weighted by Crippen LogP contribution is 2.24. The van der Waals surface area contributed by atoms with Gasteiger partial charge in [-0.2, -0.15) is 0 Å². The molecule has 0 heterocycles. The van der Waals surface area contributed by atoms with Crippen LogP contribution in [0.1, 0.15) is 33.6 Å². The Balaban J connectivity index is 4.30. The van der Waals surface area contributed by atoms with Crippen molar-refractivity contribution >= 4 is 23.9 Å². The maximum absolute atomic E-state index is 11.6. The lowest BCUT2D eigenvalue weighted by Gasteiger charge is -2.21. The zero-order valence-electron chi connectivity index (χ0n) is 12.0. The summed E-state index contributed by atoms with van der Waals surface area (Å²) in [6.07, 6.45) is -0.320. The van der Waals surface area contributed by atoms with E-state index < -0.39 is 35.3 Å². The lowest BCUT2D eigenvalue weighted by Crippen LogP contribution is -2.47. The van der Waals surface area contributed by atoms with Crippen LogP contribution in [-0.4, -0.2) is 42.1 Å². The van der Waals surface area contributed by atoms with Crippen molar-refractivity contribution in [3.8, 4) is 0 Å². The SMILES string of the molecule is COC(=O)C(C)NC(=O)NC(=O)CC(C)(C)CC(=O)O. The van der Waals surface area contributed by atoms with Gasteiger partial charge in [0, 0.05) is 6.42 Å². The first-order chi connectivity index (χ1) is 9.07.